The van der Waals surface area contributed by atoms with Gasteiger partial charge in [-0.3, -0.25) is 10.1 Å². The second kappa shape index (κ2) is 8.03. The van der Waals surface area contributed by atoms with Crippen LogP contribution in [0.4, 0.5) is 5.69 Å². The molecule has 7 heteroatoms. The fourth-order valence-corrected chi connectivity index (χ4v) is 3.25. The summed E-state index contributed by atoms with van der Waals surface area (Å²) in [5.74, 6) is 0.207. The van der Waals surface area contributed by atoms with E-state index in [1.54, 1.807) is 30.3 Å². The van der Waals surface area contributed by atoms with Gasteiger partial charge in [-0.2, -0.15) is 0 Å². The zero-order valence-electron chi connectivity index (χ0n) is 15.4. The minimum atomic E-state index is -0.266. The largest absolute Gasteiger partial charge is 0.436 e. The summed E-state index contributed by atoms with van der Waals surface area (Å²) >= 11 is 11.3. The number of anilines is 1. The van der Waals surface area contributed by atoms with E-state index in [2.05, 4.69) is 15.6 Å². The maximum Gasteiger partial charge on any atom is 0.257 e. The summed E-state index contributed by atoms with van der Waals surface area (Å²) in [4.78, 5) is 16.8. The molecule has 0 fully saturated rings. The second-order valence-corrected chi connectivity index (χ2v) is 7.33. The van der Waals surface area contributed by atoms with Crippen molar-refractivity contribution in [1.29, 1.82) is 0 Å². The van der Waals surface area contributed by atoms with Gasteiger partial charge in [-0.1, -0.05) is 35.4 Å². The lowest BCUT2D eigenvalue weighted by atomic mass is 10.1. The number of oxazole rings is 1. The van der Waals surface area contributed by atoms with Crippen LogP contribution in [0, 0.1) is 6.92 Å². The lowest BCUT2D eigenvalue weighted by Gasteiger charge is -2.10. The number of amides is 1. The number of halogens is 1. The molecule has 4 aromatic rings. The van der Waals surface area contributed by atoms with Crippen LogP contribution < -0.4 is 10.6 Å². The standard InChI is InChI=1S/C22H16ClN3O2S/c1-13-4-2-5-14(10-13)20(27)26-22(29)24-17-7-3-6-15(11-17)21-25-18-12-16(23)8-9-19(18)28-21/h2-12H,1H3,(H2,24,26,27,29). The Morgan fingerprint density at radius 3 is 2.72 bits per heavy atom. The van der Waals surface area contributed by atoms with Crippen molar-refractivity contribution < 1.29 is 9.21 Å². The first-order valence-corrected chi connectivity index (χ1v) is 9.62. The summed E-state index contributed by atoms with van der Waals surface area (Å²) in [5.41, 5.74) is 4.37. The van der Waals surface area contributed by atoms with Gasteiger partial charge in [0.05, 0.1) is 0 Å². The van der Waals surface area contributed by atoms with Crippen LogP contribution in [0.5, 0.6) is 0 Å². The lowest BCUT2D eigenvalue weighted by Crippen LogP contribution is -2.34. The van der Waals surface area contributed by atoms with Gasteiger partial charge >= 0.3 is 0 Å². The lowest BCUT2D eigenvalue weighted by molar-refractivity contribution is 0.0977. The van der Waals surface area contributed by atoms with E-state index in [0.29, 0.717) is 33.3 Å². The van der Waals surface area contributed by atoms with E-state index >= 15 is 0 Å². The Morgan fingerprint density at radius 2 is 1.90 bits per heavy atom. The summed E-state index contributed by atoms with van der Waals surface area (Å²) in [6.45, 7) is 1.93. The first-order chi connectivity index (χ1) is 14.0. The maximum absolute atomic E-state index is 12.3. The van der Waals surface area contributed by atoms with E-state index < -0.39 is 0 Å². The predicted octanol–water partition coefficient (Wildman–Crippen LogP) is 5.58. The van der Waals surface area contributed by atoms with Crippen LogP contribution in [-0.4, -0.2) is 16.0 Å². The Labute approximate surface area is 177 Å². The number of nitrogens with one attached hydrogen (secondary N) is 2. The normalized spacial score (nSPS) is 10.7. The van der Waals surface area contributed by atoms with E-state index in [1.165, 1.54) is 0 Å². The molecule has 144 valence electrons. The van der Waals surface area contributed by atoms with Crippen LogP contribution in [-0.2, 0) is 0 Å². The molecule has 0 unspecified atom stereocenters. The van der Waals surface area contributed by atoms with Crippen LogP contribution in [0.2, 0.25) is 5.02 Å². The Morgan fingerprint density at radius 1 is 1.07 bits per heavy atom. The van der Waals surface area contributed by atoms with Gasteiger partial charge in [0.1, 0.15) is 5.52 Å². The minimum absolute atomic E-state index is 0.206. The van der Waals surface area contributed by atoms with Crippen LogP contribution in [0.3, 0.4) is 0 Å². The van der Waals surface area contributed by atoms with Crippen LogP contribution in [0.25, 0.3) is 22.6 Å². The molecule has 29 heavy (non-hydrogen) atoms. The van der Waals surface area contributed by atoms with Gasteiger partial charge in [0.15, 0.2) is 10.7 Å². The highest BCUT2D eigenvalue weighted by atomic mass is 35.5. The van der Waals surface area contributed by atoms with Crippen molar-refractivity contribution in [2.45, 2.75) is 6.92 Å². The summed E-state index contributed by atoms with van der Waals surface area (Å²) in [7, 11) is 0. The number of aryl methyl sites for hydroxylation is 1. The Balaban J connectivity index is 1.49. The molecule has 4 rings (SSSR count). The molecular weight excluding hydrogens is 406 g/mol. The molecule has 0 bridgehead atoms. The topological polar surface area (TPSA) is 67.2 Å². The molecule has 0 radical (unpaired) electrons. The Kier molecular flexibility index (Phi) is 5.29. The minimum Gasteiger partial charge on any atom is -0.436 e. The number of fused-ring (bicyclic) bond motifs is 1. The highest BCUT2D eigenvalue weighted by Gasteiger charge is 2.11. The van der Waals surface area contributed by atoms with E-state index in [4.69, 9.17) is 28.2 Å². The van der Waals surface area contributed by atoms with Crippen LogP contribution >= 0.6 is 23.8 Å². The smallest absolute Gasteiger partial charge is 0.257 e. The van der Waals surface area contributed by atoms with Gasteiger partial charge in [-0.15, -0.1) is 0 Å². The summed E-state index contributed by atoms with van der Waals surface area (Å²) in [6, 6.07) is 20.0. The number of hydrogen-bond acceptors (Lipinski definition) is 4. The fourth-order valence-electron chi connectivity index (χ4n) is 2.88. The third-order valence-electron chi connectivity index (χ3n) is 4.22. The second-order valence-electron chi connectivity index (χ2n) is 6.49. The molecule has 0 aliphatic rings. The van der Waals surface area contributed by atoms with Gasteiger partial charge < -0.3 is 9.73 Å². The quantitative estimate of drug-likeness (QED) is 0.422. The van der Waals surface area contributed by atoms with E-state index in [9.17, 15) is 4.79 Å². The van der Waals surface area contributed by atoms with Crippen molar-refractivity contribution in [3.05, 3.63) is 82.9 Å². The highest BCUT2D eigenvalue weighted by Crippen LogP contribution is 2.27. The predicted molar refractivity (Wildman–Crippen MR) is 119 cm³/mol. The molecule has 0 aliphatic carbocycles. The van der Waals surface area contributed by atoms with Crippen molar-refractivity contribution in [3.8, 4) is 11.5 Å². The Bertz CT molecular complexity index is 1240. The summed E-state index contributed by atoms with van der Waals surface area (Å²) in [5, 5.41) is 6.51. The third-order valence-corrected chi connectivity index (χ3v) is 4.66. The average molecular weight is 422 g/mol. The van der Waals surface area contributed by atoms with Crippen LogP contribution in [0.1, 0.15) is 15.9 Å². The van der Waals surface area contributed by atoms with E-state index in [-0.39, 0.29) is 11.0 Å². The van der Waals surface area contributed by atoms with Crippen molar-refractivity contribution >= 4 is 51.6 Å². The number of nitrogens with zero attached hydrogens (tertiary/aromatic N) is 1. The zero-order valence-corrected chi connectivity index (χ0v) is 17.0. The van der Waals surface area contributed by atoms with Gasteiger partial charge in [-0.05, 0) is 67.7 Å². The number of carbonyl (C=O) groups excluding carboxylic acids is 1. The molecule has 1 amide bonds. The summed E-state index contributed by atoms with van der Waals surface area (Å²) < 4.78 is 5.80. The first kappa shape index (κ1) is 19.1. The van der Waals surface area contributed by atoms with Crippen molar-refractivity contribution in [1.82, 2.24) is 10.3 Å². The van der Waals surface area contributed by atoms with E-state index in [0.717, 1.165) is 11.1 Å². The molecule has 2 N–H and O–H groups in total. The van der Waals surface area contributed by atoms with Crippen LogP contribution in [0.15, 0.2) is 71.1 Å². The summed E-state index contributed by atoms with van der Waals surface area (Å²) in [6.07, 6.45) is 0. The van der Waals surface area contributed by atoms with Crippen molar-refractivity contribution in [3.63, 3.8) is 0 Å². The average Bonchev–Trinajstić information content (AvgIpc) is 3.11. The first-order valence-electron chi connectivity index (χ1n) is 8.83. The molecule has 0 aliphatic heterocycles. The molecule has 3 aromatic carbocycles. The number of carbonyl (C=O) groups is 1. The number of aromatic nitrogens is 1. The molecule has 0 saturated carbocycles. The molecule has 0 spiro atoms. The molecule has 0 atom stereocenters. The maximum atomic E-state index is 12.3. The zero-order chi connectivity index (χ0) is 20.4. The Hall–Kier alpha value is -3.22. The molecule has 1 heterocycles. The molecule has 0 saturated heterocycles. The molecule has 1 aromatic heterocycles. The number of benzene rings is 3. The van der Waals surface area contributed by atoms with E-state index in [1.807, 2.05) is 43.3 Å². The van der Waals surface area contributed by atoms with Gasteiger partial charge in [0, 0.05) is 21.8 Å². The van der Waals surface area contributed by atoms with Crippen molar-refractivity contribution in [2.75, 3.05) is 5.32 Å². The number of rotatable bonds is 3. The van der Waals surface area contributed by atoms with Crippen molar-refractivity contribution in [2.24, 2.45) is 0 Å². The number of thiocarbonyl (C=S) groups is 1. The fraction of sp³-hybridized carbons (Fsp3) is 0.0455. The van der Waals surface area contributed by atoms with Gasteiger partial charge in [-0.25, -0.2) is 4.98 Å². The monoisotopic (exact) mass is 421 g/mol. The van der Waals surface area contributed by atoms with Gasteiger partial charge in [0.2, 0.25) is 5.89 Å². The molecule has 5 nitrogen and oxygen atoms in total. The molecular formula is C22H16ClN3O2S. The number of hydrogen-bond donors (Lipinski definition) is 2. The highest BCUT2D eigenvalue weighted by molar-refractivity contribution is 7.80. The third kappa shape index (κ3) is 4.45. The van der Waals surface area contributed by atoms with Gasteiger partial charge in [0.25, 0.3) is 5.91 Å². The SMILES string of the molecule is Cc1cccc(C(=O)NC(=S)Nc2cccc(-c3nc4cc(Cl)ccc4o3)c2)c1.